The lowest BCUT2D eigenvalue weighted by Gasteiger charge is -2.66. The molecule has 0 aromatic heterocycles. The maximum absolute atomic E-state index is 3.39. The summed E-state index contributed by atoms with van der Waals surface area (Å²) in [5.74, 6) is 2.12. The molecule has 0 aromatic rings. The zero-order valence-electron chi connectivity index (χ0n) is 12.8. The molecule has 1 N–H and O–H groups in total. The van der Waals surface area contributed by atoms with Crippen LogP contribution in [-0.2, 0) is 0 Å². The lowest BCUT2D eigenvalue weighted by Crippen LogP contribution is -2.56. The second-order valence-corrected chi connectivity index (χ2v) is 8.84. The van der Waals surface area contributed by atoms with Crippen LogP contribution in [0.3, 0.4) is 0 Å². The van der Waals surface area contributed by atoms with Gasteiger partial charge in [-0.3, -0.25) is 0 Å². The maximum atomic E-state index is 3.39. The Morgan fingerprint density at radius 3 is 2.17 bits per heavy atom. The molecule has 0 radical (unpaired) electrons. The Morgan fingerprint density at radius 2 is 1.67 bits per heavy atom. The van der Waals surface area contributed by atoms with E-state index in [1.165, 1.54) is 32.2 Å². The van der Waals surface area contributed by atoms with Gasteiger partial charge in [0.25, 0.3) is 0 Å². The highest BCUT2D eigenvalue weighted by Crippen LogP contribution is 2.70. The summed E-state index contributed by atoms with van der Waals surface area (Å²) < 4.78 is 0. The quantitative estimate of drug-likeness (QED) is 0.789. The molecule has 18 heavy (non-hydrogen) atoms. The Bertz CT molecular complexity index is 311. The molecule has 2 atom stereocenters. The SMILES string of the molecule is CNCCC12CC3CC(C1)CC(C(C)(C)C)(C3)C2. The molecule has 0 aliphatic heterocycles. The minimum absolute atomic E-state index is 0.510. The van der Waals surface area contributed by atoms with Crippen molar-refractivity contribution < 1.29 is 0 Å². The van der Waals surface area contributed by atoms with E-state index in [2.05, 4.69) is 33.1 Å². The van der Waals surface area contributed by atoms with Crippen LogP contribution in [-0.4, -0.2) is 13.6 Å². The molecule has 1 nitrogen and oxygen atoms in total. The molecule has 1 heteroatoms. The number of hydrogen-bond acceptors (Lipinski definition) is 1. The van der Waals surface area contributed by atoms with Crippen molar-refractivity contribution >= 4 is 0 Å². The number of rotatable bonds is 3. The lowest BCUT2D eigenvalue weighted by atomic mass is 9.39. The first-order valence-electron chi connectivity index (χ1n) is 8.03. The lowest BCUT2D eigenvalue weighted by molar-refractivity contribution is -0.158. The zero-order chi connectivity index (χ0) is 13.0. The molecule has 4 aliphatic carbocycles. The maximum Gasteiger partial charge on any atom is -0.00466 e. The average Bonchev–Trinajstić information content (AvgIpc) is 2.23. The minimum Gasteiger partial charge on any atom is -0.320 e. The summed E-state index contributed by atoms with van der Waals surface area (Å²) in [6, 6.07) is 0. The largest absolute Gasteiger partial charge is 0.320 e. The Morgan fingerprint density at radius 1 is 1.06 bits per heavy atom. The molecule has 0 heterocycles. The second kappa shape index (κ2) is 3.98. The summed E-state index contributed by atoms with van der Waals surface area (Å²) in [5, 5.41) is 3.39. The highest BCUT2D eigenvalue weighted by atomic mass is 14.8. The van der Waals surface area contributed by atoms with Crippen molar-refractivity contribution in [3.8, 4) is 0 Å². The Hall–Kier alpha value is -0.0400. The fraction of sp³-hybridized carbons (Fsp3) is 1.00. The third kappa shape index (κ3) is 1.85. The normalized spacial score (nSPS) is 46.7. The predicted octanol–water partition coefficient (Wildman–Crippen LogP) is 4.23. The summed E-state index contributed by atoms with van der Waals surface area (Å²) in [6.07, 6.45) is 10.7. The monoisotopic (exact) mass is 249 g/mol. The molecular weight excluding hydrogens is 218 g/mol. The van der Waals surface area contributed by atoms with Gasteiger partial charge in [-0.1, -0.05) is 20.8 Å². The van der Waals surface area contributed by atoms with E-state index in [0.717, 1.165) is 11.8 Å². The van der Waals surface area contributed by atoms with E-state index < -0.39 is 0 Å². The molecule has 0 saturated heterocycles. The van der Waals surface area contributed by atoms with Crippen molar-refractivity contribution in [2.24, 2.45) is 28.1 Å². The third-order valence-corrected chi connectivity index (χ3v) is 6.68. The van der Waals surface area contributed by atoms with E-state index in [9.17, 15) is 0 Å². The first-order valence-corrected chi connectivity index (χ1v) is 8.03. The van der Waals surface area contributed by atoms with E-state index in [1.54, 1.807) is 19.3 Å². The first kappa shape index (κ1) is 13.0. The molecule has 104 valence electrons. The van der Waals surface area contributed by atoms with Crippen molar-refractivity contribution in [2.75, 3.05) is 13.6 Å². The Kier molecular flexibility index (Phi) is 2.86. The van der Waals surface area contributed by atoms with Gasteiger partial charge < -0.3 is 5.32 Å². The van der Waals surface area contributed by atoms with Gasteiger partial charge in [0, 0.05) is 0 Å². The van der Waals surface area contributed by atoms with Gasteiger partial charge in [-0.2, -0.15) is 0 Å². The van der Waals surface area contributed by atoms with Crippen LogP contribution in [0, 0.1) is 28.1 Å². The molecule has 4 bridgehead atoms. The molecular formula is C17H31N. The van der Waals surface area contributed by atoms with Gasteiger partial charge in [0.15, 0.2) is 0 Å². The second-order valence-electron chi connectivity index (χ2n) is 8.84. The summed E-state index contributed by atoms with van der Waals surface area (Å²) in [6.45, 7) is 8.74. The first-order chi connectivity index (χ1) is 8.38. The molecule has 0 amide bonds. The highest BCUT2D eigenvalue weighted by molar-refractivity contribution is 5.10. The van der Waals surface area contributed by atoms with Gasteiger partial charge in [0.2, 0.25) is 0 Å². The van der Waals surface area contributed by atoms with Crippen molar-refractivity contribution in [2.45, 2.75) is 65.7 Å². The summed E-state index contributed by atoms with van der Waals surface area (Å²) >= 11 is 0. The van der Waals surface area contributed by atoms with Gasteiger partial charge >= 0.3 is 0 Å². The Labute approximate surface area is 113 Å². The van der Waals surface area contributed by atoms with Gasteiger partial charge in [0.1, 0.15) is 0 Å². The van der Waals surface area contributed by atoms with Crippen LogP contribution in [0.4, 0.5) is 0 Å². The van der Waals surface area contributed by atoms with Crippen LogP contribution in [0.2, 0.25) is 0 Å². The molecule has 4 fully saturated rings. The van der Waals surface area contributed by atoms with Crippen molar-refractivity contribution in [1.29, 1.82) is 0 Å². The van der Waals surface area contributed by atoms with Crippen LogP contribution in [0.5, 0.6) is 0 Å². The van der Waals surface area contributed by atoms with Crippen LogP contribution in [0.1, 0.15) is 65.7 Å². The van der Waals surface area contributed by atoms with E-state index in [-0.39, 0.29) is 0 Å². The van der Waals surface area contributed by atoms with Gasteiger partial charge in [-0.25, -0.2) is 0 Å². The predicted molar refractivity (Wildman–Crippen MR) is 77.5 cm³/mol. The fourth-order valence-corrected chi connectivity index (χ4v) is 6.01. The third-order valence-electron chi connectivity index (χ3n) is 6.68. The minimum atomic E-state index is 0.510. The number of hydrogen-bond donors (Lipinski definition) is 1. The summed E-state index contributed by atoms with van der Waals surface area (Å²) in [4.78, 5) is 0. The van der Waals surface area contributed by atoms with Gasteiger partial charge in [0.05, 0.1) is 0 Å². The van der Waals surface area contributed by atoms with E-state index in [0.29, 0.717) is 16.2 Å². The van der Waals surface area contributed by atoms with E-state index in [4.69, 9.17) is 0 Å². The molecule has 4 aliphatic rings. The van der Waals surface area contributed by atoms with Crippen LogP contribution in [0.25, 0.3) is 0 Å². The van der Waals surface area contributed by atoms with E-state index >= 15 is 0 Å². The molecule has 2 unspecified atom stereocenters. The number of nitrogens with one attached hydrogen (secondary N) is 1. The van der Waals surface area contributed by atoms with Crippen LogP contribution >= 0.6 is 0 Å². The smallest absolute Gasteiger partial charge is 0.00466 e. The average molecular weight is 249 g/mol. The topological polar surface area (TPSA) is 12.0 Å². The van der Waals surface area contributed by atoms with Crippen LogP contribution in [0.15, 0.2) is 0 Å². The van der Waals surface area contributed by atoms with Crippen molar-refractivity contribution in [3.05, 3.63) is 0 Å². The standard InChI is InChI=1S/C17H31N/c1-15(2,3)17-10-13-7-14(11-17)9-16(8-13,12-17)5-6-18-4/h13-14,18H,5-12H2,1-4H3. The van der Waals surface area contributed by atoms with Gasteiger partial charge in [-0.05, 0) is 86.6 Å². The van der Waals surface area contributed by atoms with Crippen molar-refractivity contribution in [1.82, 2.24) is 5.32 Å². The van der Waals surface area contributed by atoms with E-state index in [1.807, 2.05) is 0 Å². The molecule has 4 saturated carbocycles. The molecule has 0 aromatic carbocycles. The molecule has 4 rings (SSSR count). The van der Waals surface area contributed by atoms with Crippen LogP contribution < -0.4 is 5.32 Å². The van der Waals surface area contributed by atoms with Crippen molar-refractivity contribution in [3.63, 3.8) is 0 Å². The summed E-state index contributed by atoms with van der Waals surface area (Å²) in [7, 11) is 2.11. The highest BCUT2D eigenvalue weighted by Gasteiger charge is 2.60. The fourth-order valence-electron chi connectivity index (χ4n) is 6.01. The molecule has 0 spiro atoms. The zero-order valence-corrected chi connectivity index (χ0v) is 12.8. The summed E-state index contributed by atoms with van der Waals surface area (Å²) in [5.41, 5.74) is 1.89. The van der Waals surface area contributed by atoms with Gasteiger partial charge in [-0.15, -0.1) is 0 Å². The Balaban J connectivity index is 1.88.